The van der Waals surface area contributed by atoms with Gasteiger partial charge < -0.3 is 10.8 Å². The van der Waals surface area contributed by atoms with E-state index in [2.05, 4.69) is 0 Å². The molecule has 1 aromatic carbocycles. The van der Waals surface area contributed by atoms with Crippen molar-refractivity contribution in [3.05, 3.63) is 29.8 Å². The van der Waals surface area contributed by atoms with Gasteiger partial charge in [-0.15, -0.1) is 0 Å². The molecule has 0 bridgehead atoms. The zero-order valence-corrected chi connectivity index (χ0v) is 11.6. The summed E-state index contributed by atoms with van der Waals surface area (Å²) in [5.41, 5.74) is 6.35. The van der Waals surface area contributed by atoms with Gasteiger partial charge in [0, 0.05) is 26.2 Å². The van der Waals surface area contributed by atoms with Crippen molar-refractivity contribution in [1.82, 2.24) is 4.31 Å². The molecule has 0 spiro atoms. The second kappa shape index (κ2) is 6.00. The molecule has 1 aliphatic heterocycles. The molecule has 1 fully saturated rings. The normalized spacial score (nSPS) is 18.6. The van der Waals surface area contributed by atoms with Gasteiger partial charge in [-0.25, -0.2) is 8.42 Å². The highest BCUT2D eigenvalue weighted by atomic mass is 32.2. The number of aliphatic hydroxyl groups excluding tert-OH is 1. The molecular formula is C13H20N2O3S. The molecule has 1 heterocycles. The van der Waals surface area contributed by atoms with Crippen LogP contribution in [0.3, 0.4) is 0 Å². The summed E-state index contributed by atoms with van der Waals surface area (Å²) in [6, 6.07) is 6.77. The number of aliphatic hydroxyl groups is 1. The largest absolute Gasteiger partial charge is 0.396 e. The molecule has 5 nitrogen and oxygen atoms in total. The number of benzene rings is 1. The maximum absolute atomic E-state index is 12.5. The second-order valence-corrected chi connectivity index (χ2v) is 6.82. The van der Waals surface area contributed by atoms with Crippen LogP contribution in [0.2, 0.25) is 0 Å². The number of nitrogens with two attached hydrogens (primary N) is 1. The SMILES string of the molecule is NCc1cccc(S(=O)(=O)N2CCC(CO)CC2)c1. The third-order valence-electron chi connectivity index (χ3n) is 3.60. The van der Waals surface area contributed by atoms with Crippen LogP contribution in [-0.2, 0) is 16.6 Å². The van der Waals surface area contributed by atoms with Gasteiger partial charge in [-0.3, -0.25) is 0 Å². The Morgan fingerprint density at radius 3 is 2.58 bits per heavy atom. The summed E-state index contributed by atoms with van der Waals surface area (Å²) in [4.78, 5) is 0.304. The molecule has 19 heavy (non-hydrogen) atoms. The van der Waals surface area contributed by atoms with E-state index in [1.54, 1.807) is 18.2 Å². The Morgan fingerprint density at radius 1 is 1.32 bits per heavy atom. The van der Waals surface area contributed by atoms with E-state index in [-0.39, 0.29) is 12.5 Å². The highest BCUT2D eigenvalue weighted by molar-refractivity contribution is 7.89. The first kappa shape index (κ1) is 14.5. The molecule has 1 saturated heterocycles. The van der Waals surface area contributed by atoms with Crippen LogP contribution in [0.4, 0.5) is 0 Å². The standard InChI is InChI=1S/C13H20N2O3S/c14-9-12-2-1-3-13(8-12)19(17,18)15-6-4-11(10-16)5-7-15/h1-3,8,11,16H,4-7,9-10,14H2. The lowest BCUT2D eigenvalue weighted by atomic mass is 10.00. The van der Waals surface area contributed by atoms with E-state index in [4.69, 9.17) is 10.8 Å². The van der Waals surface area contributed by atoms with Crippen LogP contribution >= 0.6 is 0 Å². The van der Waals surface area contributed by atoms with Crippen LogP contribution in [0.5, 0.6) is 0 Å². The first-order chi connectivity index (χ1) is 9.07. The highest BCUT2D eigenvalue weighted by Crippen LogP contribution is 2.23. The van der Waals surface area contributed by atoms with E-state index in [1.165, 1.54) is 4.31 Å². The minimum absolute atomic E-state index is 0.135. The lowest BCUT2D eigenvalue weighted by Crippen LogP contribution is -2.39. The molecule has 0 unspecified atom stereocenters. The van der Waals surface area contributed by atoms with Crippen molar-refractivity contribution >= 4 is 10.0 Å². The van der Waals surface area contributed by atoms with Gasteiger partial charge in [0.15, 0.2) is 0 Å². The van der Waals surface area contributed by atoms with Gasteiger partial charge in [-0.2, -0.15) is 4.31 Å². The molecule has 1 aliphatic rings. The van der Waals surface area contributed by atoms with Gasteiger partial charge in [-0.05, 0) is 36.5 Å². The van der Waals surface area contributed by atoms with Crippen molar-refractivity contribution < 1.29 is 13.5 Å². The fraction of sp³-hybridized carbons (Fsp3) is 0.538. The van der Waals surface area contributed by atoms with Crippen LogP contribution in [0.1, 0.15) is 18.4 Å². The van der Waals surface area contributed by atoms with Crippen molar-refractivity contribution in [3.8, 4) is 0 Å². The molecule has 0 saturated carbocycles. The number of hydrogen-bond donors (Lipinski definition) is 2. The van der Waals surface area contributed by atoms with Crippen molar-refractivity contribution in [1.29, 1.82) is 0 Å². The van der Waals surface area contributed by atoms with Crippen molar-refractivity contribution in [2.24, 2.45) is 11.7 Å². The molecule has 0 atom stereocenters. The van der Waals surface area contributed by atoms with Crippen LogP contribution in [0.25, 0.3) is 0 Å². The van der Waals surface area contributed by atoms with Gasteiger partial charge >= 0.3 is 0 Å². The summed E-state index contributed by atoms with van der Waals surface area (Å²) in [5, 5.41) is 9.08. The quantitative estimate of drug-likeness (QED) is 0.845. The predicted octanol–water partition coefficient (Wildman–Crippen LogP) is 0.538. The summed E-state index contributed by atoms with van der Waals surface area (Å²) < 4.78 is 26.4. The molecular weight excluding hydrogens is 264 g/mol. The topological polar surface area (TPSA) is 83.6 Å². The maximum Gasteiger partial charge on any atom is 0.243 e. The van der Waals surface area contributed by atoms with E-state index in [1.807, 2.05) is 6.07 Å². The summed E-state index contributed by atoms with van der Waals surface area (Å²) in [5.74, 6) is 0.224. The van der Waals surface area contributed by atoms with Gasteiger partial charge in [0.2, 0.25) is 10.0 Å². The Kier molecular flexibility index (Phi) is 4.57. The molecule has 3 N–H and O–H groups in total. The van der Waals surface area contributed by atoms with Gasteiger partial charge in [0.25, 0.3) is 0 Å². The van der Waals surface area contributed by atoms with E-state index >= 15 is 0 Å². The van der Waals surface area contributed by atoms with E-state index in [0.29, 0.717) is 37.4 Å². The molecule has 0 amide bonds. The first-order valence-corrected chi connectivity index (χ1v) is 7.92. The fourth-order valence-electron chi connectivity index (χ4n) is 2.31. The lowest BCUT2D eigenvalue weighted by Gasteiger charge is -2.30. The van der Waals surface area contributed by atoms with Gasteiger partial charge in [0.1, 0.15) is 0 Å². The maximum atomic E-state index is 12.5. The van der Waals surface area contributed by atoms with Crippen molar-refractivity contribution in [2.75, 3.05) is 19.7 Å². The fourth-order valence-corrected chi connectivity index (χ4v) is 3.85. The van der Waals surface area contributed by atoms with Gasteiger partial charge in [-0.1, -0.05) is 12.1 Å². The van der Waals surface area contributed by atoms with Gasteiger partial charge in [0.05, 0.1) is 4.90 Å². The highest BCUT2D eigenvalue weighted by Gasteiger charge is 2.29. The third-order valence-corrected chi connectivity index (χ3v) is 5.50. The summed E-state index contributed by atoms with van der Waals surface area (Å²) >= 11 is 0. The third kappa shape index (κ3) is 3.14. The molecule has 0 aliphatic carbocycles. The lowest BCUT2D eigenvalue weighted by molar-refractivity contribution is 0.170. The Hall–Kier alpha value is -0.950. The predicted molar refractivity (Wildman–Crippen MR) is 72.9 cm³/mol. The number of nitrogens with zero attached hydrogens (tertiary/aromatic N) is 1. The average Bonchev–Trinajstić information content (AvgIpc) is 2.47. The first-order valence-electron chi connectivity index (χ1n) is 6.48. The van der Waals surface area contributed by atoms with Crippen LogP contribution in [0.15, 0.2) is 29.2 Å². The summed E-state index contributed by atoms with van der Waals surface area (Å²) in [7, 11) is -3.43. The minimum Gasteiger partial charge on any atom is -0.396 e. The van der Waals surface area contributed by atoms with Crippen LogP contribution in [-0.4, -0.2) is 37.5 Å². The van der Waals surface area contributed by atoms with E-state index < -0.39 is 10.0 Å². The van der Waals surface area contributed by atoms with Crippen LogP contribution in [0, 0.1) is 5.92 Å². The monoisotopic (exact) mass is 284 g/mol. The number of piperidine rings is 1. The zero-order chi connectivity index (χ0) is 13.9. The molecule has 6 heteroatoms. The Balaban J connectivity index is 2.18. The Bertz CT molecular complexity index is 522. The smallest absolute Gasteiger partial charge is 0.243 e. The number of rotatable bonds is 4. The molecule has 0 aromatic heterocycles. The summed E-state index contributed by atoms with van der Waals surface area (Å²) in [6.07, 6.45) is 1.43. The average molecular weight is 284 g/mol. The molecule has 106 valence electrons. The number of sulfonamides is 1. The van der Waals surface area contributed by atoms with Crippen molar-refractivity contribution in [2.45, 2.75) is 24.3 Å². The van der Waals surface area contributed by atoms with E-state index in [0.717, 1.165) is 5.56 Å². The Labute approximate surface area is 114 Å². The van der Waals surface area contributed by atoms with Crippen molar-refractivity contribution in [3.63, 3.8) is 0 Å². The second-order valence-electron chi connectivity index (χ2n) is 4.88. The van der Waals surface area contributed by atoms with E-state index in [9.17, 15) is 8.42 Å². The number of hydrogen-bond acceptors (Lipinski definition) is 4. The summed E-state index contributed by atoms with van der Waals surface area (Å²) in [6.45, 7) is 1.41. The molecule has 0 radical (unpaired) electrons. The zero-order valence-electron chi connectivity index (χ0n) is 10.8. The molecule has 2 rings (SSSR count). The minimum atomic E-state index is -3.43. The molecule has 1 aromatic rings. The van der Waals surface area contributed by atoms with Crippen LogP contribution < -0.4 is 5.73 Å². The Morgan fingerprint density at radius 2 is 2.00 bits per heavy atom.